The van der Waals surface area contributed by atoms with Crippen LogP contribution in [0.25, 0.3) is 27.7 Å². The van der Waals surface area contributed by atoms with Gasteiger partial charge in [0.25, 0.3) is 5.91 Å². The van der Waals surface area contributed by atoms with Gasteiger partial charge in [0, 0.05) is 15.7 Å². The second kappa shape index (κ2) is 8.20. The van der Waals surface area contributed by atoms with E-state index in [4.69, 9.17) is 0 Å². The number of carbonyl (C=O) groups excluding carboxylic acids is 1. The molecule has 5 heteroatoms. The third-order valence-electron chi connectivity index (χ3n) is 5.11. The average molecular weight is 468 g/mol. The highest BCUT2D eigenvalue weighted by Gasteiger charge is 2.18. The molecule has 0 fully saturated rings. The van der Waals surface area contributed by atoms with Crippen molar-refractivity contribution in [2.75, 3.05) is 5.32 Å². The van der Waals surface area contributed by atoms with Gasteiger partial charge in [-0.3, -0.25) is 4.79 Å². The fraction of sp³-hybridized carbons (Fsp3) is 0. The molecule has 5 aromatic rings. The van der Waals surface area contributed by atoms with Crippen LogP contribution in [0.3, 0.4) is 0 Å². The largest absolute Gasteiger partial charge is 0.321 e. The van der Waals surface area contributed by atoms with Crippen molar-refractivity contribution in [3.05, 3.63) is 113 Å². The van der Waals surface area contributed by atoms with Crippen LogP contribution in [0.15, 0.2) is 108 Å². The van der Waals surface area contributed by atoms with Crippen LogP contribution in [0.2, 0.25) is 0 Å². The lowest BCUT2D eigenvalue weighted by molar-refractivity contribution is 0.102. The summed E-state index contributed by atoms with van der Waals surface area (Å²) in [6.45, 7) is 0. The third kappa shape index (κ3) is 3.88. The summed E-state index contributed by atoms with van der Waals surface area (Å²) in [5, 5.41) is 9.86. The van der Waals surface area contributed by atoms with Crippen LogP contribution in [0.4, 0.5) is 5.69 Å². The van der Waals surface area contributed by atoms with Crippen molar-refractivity contribution in [3.63, 3.8) is 0 Å². The van der Waals surface area contributed by atoms with Gasteiger partial charge < -0.3 is 5.32 Å². The summed E-state index contributed by atoms with van der Waals surface area (Å²) >= 11 is 3.41. The molecule has 1 N–H and O–H groups in total. The topological polar surface area (TPSA) is 46.9 Å². The molecule has 0 radical (unpaired) electrons. The molecule has 4 aromatic carbocycles. The molecule has 1 aromatic heterocycles. The van der Waals surface area contributed by atoms with E-state index in [0.29, 0.717) is 11.4 Å². The van der Waals surface area contributed by atoms with Crippen molar-refractivity contribution in [3.8, 4) is 16.9 Å². The highest BCUT2D eigenvalue weighted by atomic mass is 79.9. The van der Waals surface area contributed by atoms with Gasteiger partial charge in [0.1, 0.15) is 0 Å². The van der Waals surface area contributed by atoms with E-state index in [-0.39, 0.29) is 5.91 Å². The highest BCUT2D eigenvalue weighted by molar-refractivity contribution is 9.10. The van der Waals surface area contributed by atoms with Gasteiger partial charge in [-0.15, -0.1) is 0 Å². The van der Waals surface area contributed by atoms with E-state index in [0.717, 1.165) is 32.2 Å². The Morgan fingerprint density at radius 2 is 1.52 bits per heavy atom. The Morgan fingerprint density at radius 3 is 2.32 bits per heavy atom. The summed E-state index contributed by atoms with van der Waals surface area (Å²) in [4.78, 5) is 13.0. The van der Waals surface area contributed by atoms with Crippen LogP contribution >= 0.6 is 15.9 Å². The summed E-state index contributed by atoms with van der Waals surface area (Å²) in [5.41, 5.74) is 3.86. The predicted molar refractivity (Wildman–Crippen MR) is 129 cm³/mol. The molecule has 4 nitrogen and oxygen atoms in total. The van der Waals surface area contributed by atoms with Gasteiger partial charge >= 0.3 is 0 Å². The molecule has 1 amide bonds. The van der Waals surface area contributed by atoms with E-state index >= 15 is 0 Å². The minimum atomic E-state index is -0.251. The Morgan fingerprint density at radius 1 is 0.806 bits per heavy atom. The van der Waals surface area contributed by atoms with Crippen molar-refractivity contribution >= 4 is 38.3 Å². The Bertz CT molecular complexity index is 1370. The first kappa shape index (κ1) is 19.3. The first-order valence-corrected chi connectivity index (χ1v) is 10.7. The summed E-state index contributed by atoms with van der Waals surface area (Å²) in [6, 6.07) is 33.6. The van der Waals surface area contributed by atoms with Gasteiger partial charge in [0.2, 0.25) is 0 Å². The quantitative estimate of drug-likeness (QED) is 0.319. The zero-order valence-corrected chi connectivity index (χ0v) is 18.1. The standard InChI is InChI=1S/C26H18BrN3O/c27-19-13-15-20(16-14-19)28-26(31)24-17-25(30(29-24)21-9-2-1-3-10-21)23-12-6-8-18-7-4-5-11-22(18)23/h1-17H,(H,28,31). The van der Waals surface area contributed by atoms with E-state index < -0.39 is 0 Å². The number of nitrogens with one attached hydrogen (secondary N) is 1. The van der Waals surface area contributed by atoms with Crippen LogP contribution in [0, 0.1) is 0 Å². The molecule has 1 heterocycles. The van der Waals surface area contributed by atoms with Gasteiger partial charge in [0.15, 0.2) is 5.69 Å². The van der Waals surface area contributed by atoms with Gasteiger partial charge in [-0.2, -0.15) is 5.10 Å². The van der Waals surface area contributed by atoms with Crippen LogP contribution in [-0.4, -0.2) is 15.7 Å². The fourth-order valence-corrected chi connectivity index (χ4v) is 3.89. The van der Waals surface area contributed by atoms with Crippen molar-refractivity contribution in [1.29, 1.82) is 0 Å². The van der Waals surface area contributed by atoms with E-state index in [1.165, 1.54) is 0 Å². The lowest BCUT2D eigenvalue weighted by Gasteiger charge is -2.10. The van der Waals surface area contributed by atoms with Crippen LogP contribution < -0.4 is 5.32 Å². The zero-order valence-electron chi connectivity index (χ0n) is 16.5. The van der Waals surface area contributed by atoms with Gasteiger partial charge in [0.05, 0.1) is 11.4 Å². The van der Waals surface area contributed by atoms with Crippen LogP contribution in [-0.2, 0) is 0 Å². The van der Waals surface area contributed by atoms with Crippen molar-refractivity contribution in [2.24, 2.45) is 0 Å². The Hall–Kier alpha value is -3.70. The summed E-state index contributed by atoms with van der Waals surface area (Å²) in [5.74, 6) is -0.251. The number of hydrogen-bond acceptors (Lipinski definition) is 2. The number of anilines is 1. The average Bonchev–Trinajstić information content (AvgIpc) is 3.26. The molecule has 150 valence electrons. The second-order valence-electron chi connectivity index (χ2n) is 7.15. The molecule has 0 aliphatic carbocycles. The van der Waals surface area contributed by atoms with E-state index in [1.807, 2.05) is 83.5 Å². The third-order valence-corrected chi connectivity index (χ3v) is 5.64. The number of hydrogen-bond donors (Lipinski definition) is 1. The molecule has 0 aliphatic rings. The number of carbonyl (C=O) groups is 1. The first-order chi connectivity index (χ1) is 15.2. The van der Waals surface area contributed by atoms with Gasteiger partial charge in [-0.25, -0.2) is 4.68 Å². The molecule has 0 saturated heterocycles. The highest BCUT2D eigenvalue weighted by Crippen LogP contribution is 2.31. The number of amides is 1. The Labute approximate surface area is 188 Å². The van der Waals surface area contributed by atoms with Gasteiger partial charge in [-0.05, 0) is 53.2 Å². The maximum absolute atomic E-state index is 13.0. The lowest BCUT2D eigenvalue weighted by atomic mass is 10.0. The van der Waals surface area contributed by atoms with Gasteiger partial charge in [-0.1, -0.05) is 76.6 Å². The van der Waals surface area contributed by atoms with Crippen molar-refractivity contribution < 1.29 is 4.79 Å². The number of halogens is 1. The molecule has 0 spiro atoms. The SMILES string of the molecule is O=C(Nc1ccc(Br)cc1)c1cc(-c2cccc3ccccc23)n(-c2ccccc2)n1. The molecular weight excluding hydrogens is 450 g/mol. The number of benzene rings is 4. The maximum atomic E-state index is 13.0. The van der Waals surface area contributed by atoms with Crippen LogP contribution in [0.5, 0.6) is 0 Å². The molecule has 0 aliphatic heterocycles. The molecule has 5 rings (SSSR count). The fourth-order valence-electron chi connectivity index (χ4n) is 3.63. The number of rotatable bonds is 4. The summed E-state index contributed by atoms with van der Waals surface area (Å²) in [6.07, 6.45) is 0. The zero-order chi connectivity index (χ0) is 21.2. The molecule has 0 unspecified atom stereocenters. The number of fused-ring (bicyclic) bond motifs is 1. The number of para-hydroxylation sites is 1. The summed E-state index contributed by atoms with van der Waals surface area (Å²) in [7, 11) is 0. The van der Waals surface area contributed by atoms with Crippen molar-refractivity contribution in [2.45, 2.75) is 0 Å². The number of nitrogens with zero attached hydrogens (tertiary/aromatic N) is 2. The smallest absolute Gasteiger partial charge is 0.276 e. The van der Waals surface area contributed by atoms with Crippen LogP contribution in [0.1, 0.15) is 10.5 Å². The molecular formula is C26H18BrN3O. The number of aromatic nitrogens is 2. The normalized spacial score (nSPS) is 10.9. The molecule has 0 atom stereocenters. The van der Waals surface area contributed by atoms with Crippen molar-refractivity contribution in [1.82, 2.24) is 9.78 Å². The minimum absolute atomic E-state index is 0.251. The molecule has 31 heavy (non-hydrogen) atoms. The van der Waals surface area contributed by atoms with E-state index in [9.17, 15) is 4.79 Å². The van der Waals surface area contributed by atoms with E-state index in [1.54, 1.807) is 0 Å². The molecule has 0 saturated carbocycles. The summed E-state index contributed by atoms with van der Waals surface area (Å²) < 4.78 is 2.79. The second-order valence-corrected chi connectivity index (χ2v) is 8.07. The molecule has 0 bridgehead atoms. The Balaban J connectivity index is 1.62. The maximum Gasteiger partial charge on any atom is 0.276 e. The van der Waals surface area contributed by atoms with E-state index in [2.05, 4.69) is 50.6 Å². The minimum Gasteiger partial charge on any atom is -0.321 e. The predicted octanol–water partition coefficient (Wildman–Crippen LogP) is 6.71. The first-order valence-electron chi connectivity index (χ1n) is 9.89. The lowest BCUT2D eigenvalue weighted by Crippen LogP contribution is -2.13. The monoisotopic (exact) mass is 467 g/mol. The Kier molecular flexibility index (Phi) is 5.10.